The van der Waals surface area contributed by atoms with E-state index in [-0.39, 0.29) is 11.2 Å². The van der Waals surface area contributed by atoms with Crippen molar-refractivity contribution in [1.82, 2.24) is 10.2 Å². The number of hydrogen-bond donors (Lipinski definition) is 1. The van der Waals surface area contributed by atoms with E-state index in [0.29, 0.717) is 6.04 Å². The van der Waals surface area contributed by atoms with Crippen LogP contribution in [0.3, 0.4) is 0 Å². The molecule has 0 heterocycles. The van der Waals surface area contributed by atoms with Gasteiger partial charge in [-0.3, -0.25) is 0 Å². The largest absolute Gasteiger partial charge is 0.314 e. The number of nitrogens with zero attached hydrogens (tertiary/aromatic N) is 1. The SMILES string of the molecule is CCCC(C)(CNC(C)C)CN(C)Cc1cccc(F)c1. The average Bonchev–Trinajstić information content (AvgIpc) is 2.36. The summed E-state index contributed by atoms with van der Waals surface area (Å²) in [7, 11) is 2.12. The average molecular weight is 294 g/mol. The van der Waals surface area contributed by atoms with Gasteiger partial charge in [-0.1, -0.05) is 46.2 Å². The van der Waals surface area contributed by atoms with Gasteiger partial charge < -0.3 is 10.2 Å². The lowest BCUT2D eigenvalue weighted by molar-refractivity contribution is 0.165. The lowest BCUT2D eigenvalue weighted by Crippen LogP contribution is -2.42. The monoisotopic (exact) mass is 294 g/mol. The molecule has 1 N–H and O–H groups in total. The van der Waals surface area contributed by atoms with Gasteiger partial charge in [0, 0.05) is 25.7 Å². The summed E-state index contributed by atoms with van der Waals surface area (Å²) in [5.74, 6) is -0.154. The van der Waals surface area contributed by atoms with Crippen LogP contribution in [-0.4, -0.2) is 31.1 Å². The molecule has 0 fully saturated rings. The normalized spacial score (nSPS) is 14.7. The van der Waals surface area contributed by atoms with Crippen molar-refractivity contribution in [2.75, 3.05) is 20.1 Å². The van der Waals surface area contributed by atoms with Gasteiger partial charge in [0.2, 0.25) is 0 Å². The summed E-state index contributed by atoms with van der Waals surface area (Å²) in [5, 5.41) is 3.56. The van der Waals surface area contributed by atoms with Crippen molar-refractivity contribution in [2.45, 2.75) is 53.1 Å². The molecule has 0 aliphatic rings. The first-order chi connectivity index (χ1) is 9.84. The van der Waals surface area contributed by atoms with Crippen LogP contribution in [0.25, 0.3) is 0 Å². The highest BCUT2D eigenvalue weighted by atomic mass is 19.1. The van der Waals surface area contributed by atoms with Crippen molar-refractivity contribution in [3.63, 3.8) is 0 Å². The van der Waals surface area contributed by atoms with E-state index < -0.39 is 0 Å². The summed E-state index contributed by atoms with van der Waals surface area (Å²) in [6, 6.07) is 7.40. The summed E-state index contributed by atoms with van der Waals surface area (Å²) in [5.41, 5.74) is 1.29. The van der Waals surface area contributed by atoms with Crippen molar-refractivity contribution < 1.29 is 4.39 Å². The Hall–Kier alpha value is -0.930. The standard InChI is InChI=1S/C18H31FN2/c1-6-10-18(4,13-20-15(2)3)14-21(5)12-16-8-7-9-17(19)11-16/h7-9,11,15,20H,6,10,12-14H2,1-5H3. The third kappa shape index (κ3) is 7.05. The molecule has 0 radical (unpaired) electrons. The zero-order valence-corrected chi connectivity index (χ0v) is 14.2. The first-order valence-corrected chi connectivity index (χ1v) is 8.01. The molecule has 1 aromatic carbocycles. The van der Waals surface area contributed by atoms with Gasteiger partial charge in [0.1, 0.15) is 5.82 Å². The molecule has 0 aliphatic carbocycles. The quantitative estimate of drug-likeness (QED) is 0.739. The summed E-state index contributed by atoms with van der Waals surface area (Å²) in [6.07, 6.45) is 2.38. The van der Waals surface area contributed by atoms with Gasteiger partial charge in [0.25, 0.3) is 0 Å². The number of rotatable bonds is 9. The summed E-state index contributed by atoms with van der Waals surface area (Å²) in [4.78, 5) is 2.30. The Morgan fingerprint density at radius 2 is 2.05 bits per heavy atom. The van der Waals surface area contributed by atoms with Gasteiger partial charge in [0.15, 0.2) is 0 Å². The maximum Gasteiger partial charge on any atom is 0.123 e. The Kier molecular flexibility index (Phi) is 7.33. The van der Waals surface area contributed by atoms with Crippen molar-refractivity contribution in [3.8, 4) is 0 Å². The Morgan fingerprint density at radius 3 is 2.62 bits per heavy atom. The van der Waals surface area contributed by atoms with Gasteiger partial charge >= 0.3 is 0 Å². The second-order valence-electron chi connectivity index (χ2n) is 6.90. The second-order valence-corrected chi connectivity index (χ2v) is 6.90. The Bertz CT molecular complexity index is 419. The number of nitrogens with one attached hydrogen (secondary N) is 1. The number of hydrogen-bond acceptors (Lipinski definition) is 2. The molecular formula is C18H31FN2. The smallest absolute Gasteiger partial charge is 0.123 e. The summed E-state index contributed by atoms with van der Waals surface area (Å²) < 4.78 is 13.3. The van der Waals surface area contributed by atoms with E-state index in [1.807, 2.05) is 6.07 Å². The molecule has 21 heavy (non-hydrogen) atoms. The minimum atomic E-state index is -0.154. The number of halogens is 1. The highest BCUT2D eigenvalue weighted by Gasteiger charge is 2.25. The van der Waals surface area contributed by atoms with E-state index in [4.69, 9.17) is 0 Å². The fourth-order valence-corrected chi connectivity index (χ4v) is 2.93. The van der Waals surface area contributed by atoms with Crippen LogP contribution in [0.4, 0.5) is 4.39 Å². The molecule has 3 heteroatoms. The van der Waals surface area contributed by atoms with Crippen LogP contribution in [0, 0.1) is 11.2 Å². The predicted octanol–water partition coefficient (Wildman–Crippen LogP) is 4.06. The molecule has 0 aliphatic heterocycles. The molecule has 0 saturated heterocycles. The topological polar surface area (TPSA) is 15.3 Å². The molecular weight excluding hydrogens is 263 g/mol. The van der Waals surface area contributed by atoms with Crippen LogP contribution in [0.1, 0.15) is 46.1 Å². The zero-order chi connectivity index (χ0) is 15.9. The van der Waals surface area contributed by atoms with Gasteiger partial charge in [-0.15, -0.1) is 0 Å². The van der Waals surface area contributed by atoms with E-state index in [0.717, 1.165) is 25.2 Å². The minimum Gasteiger partial charge on any atom is -0.314 e. The maximum atomic E-state index is 13.3. The van der Waals surface area contributed by atoms with Crippen molar-refractivity contribution in [3.05, 3.63) is 35.6 Å². The van der Waals surface area contributed by atoms with Gasteiger partial charge in [-0.2, -0.15) is 0 Å². The third-order valence-electron chi connectivity index (χ3n) is 3.78. The van der Waals surface area contributed by atoms with Crippen LogP contribution in [0.2, 0.25) is 0 Å². The van der Waals surface area contributed by atoms with E-state index in [1.54, 1.807) is 12.1 Å². The molecule has 0 aromatic heterocycles. The van der Waals surface area contributed by atoms with Crippen LogP contribution < -0.4 is 5.32 Å². The molecule has 0 spiro atoms. The minimum absolute atomic E-state index is 0.154. The molecule has 1 aromatic rings. The van der Waals surface area contributed by atoms with Gasteiger partial charge in [-0.05, 0) is 36.6 Å². The predicted molar refractivity (Wildman–Crippen MR) is 88.9 cm³/mol. The van der Waals surface area contributed by atoms with Gasteiger partial charge in [0.05, 0.1) is 0 Å². The third-order valence-corrected chi connectivity index (χ3v) is 3.78. The molecule has 1 rings (SSSR count). The van der Waals surface area contributed by atoms with Crippen molar-refractivity contribution in [2.24, 2.45) is 5.41 Å². The molecule has 0 amide bonds. The van der Waals surface area contributed by atoms with E-state index in [1.165, 1.54) is 18.9 Å². The lowest BCUT2D eigenvalue weighted by atomic mass is 9.84. The molecule has 120 valence electrons. The highest BCUT2D eigenvalue weighted by Crippen LogP contribution is 2.24. The summed E-state index contributed by atoms with van der Waals surface area (Å²) >= 11 is 0. The zero-order valence-electron chi connectivity index (χ0n) is 14.2. The molecule has 1 atom stereocenters. The van der Waals surface area contributed by atoms with Crippen LogP contribution in [0.15, 0.2) is 24.3 Å². The Balaban J connectivity index is 2.60. The summed E-state index contributed by atoms with van der Waals surface area (Å²) in [6.45, 7) is 11.8. The fourth-order valence-electron chi connectivity index (χ4n) is 2.93. The highest BCUT2D eigenvalue weighted by molar-refractivity contribution is 5.16. The molecule has 1 unspecified atom stereocenters. The van der Waals surface area contributed by atoms with Crippen molar-refractivity contribution in [1.29, 1.82) is 0 Å². The molecule has 0 bridgehead atoms. The van der Waals surface area contributed by atoms with Gasteiger partial charge in [-0.25, -0.2) is 4.39 Å². The van der Waals surface area contributed by atoms with Crippen LogP contribution in [-0.2, 0) is 6.54 Å². The Morgan fingerprint density at radius 1 is 1.33 bits per heavy atom. The van der Waals surface area contributed by atoms with Crippen LogP contribution >= 0.6 is 0 Å². The lowest BCUT2D eigenvalue weighted by Gasteiger charge is -2.35. The van der Waals surface area contributed by atoms with Crippen molar-refractivity contribution >= 4 is 0 Å². The fraction of sp³-hybridized carbons (Fsp3) is 0.667. The first-order valence-electron chi connectivity index (χ1n) is 8.01. The Labute approximate surface area is 129 Å². The van der Waals surface area contributed by atoms with Crippen LogP contribution in [0.5, 0.6) is 0 Å². The first kappa shape index (κ1) is 18.1. The van der Waals surface area contributed by atoms with E-state index >= 15 is 0 Å². The maximum absolute atomic E-state index is 13.3. The van der Waals surface area contributed by atoms with E-state index in [2.05, 4.69) is 45.0 Å². The number of benzene rings is 1. The molecule has 2 nitrogen and oxygen atoms in total. The second kappa shape index (κ2) is 8.50. The van der Waals surface area contributed by atoms with E-state index in [9.17, 15) is 4.39 Å². The molecule has 0 saturated carbocycles.